The summed E-state index contributed by atoms with van der Waals surface area (Å²) in [6.07, 6.45) is 2.11. The zero-order chi connectivity index (χ0) is 13.1. The average molecular weight is 247 g/mol. The Morgan fingerprint density at radius 3 is 1.65 bits per heavy atom. The first-order valence-electron chi connectivity index (χ1n) is 5.16. The Kier molecular flexibility index (Phi) is 4.07. The number of rotatable bonds is 2. The van der Waals surface area contributed by atoms with E-state index >= 15 is 0 Å². The number of hydrogen-bond donors (Lipinski definition) is 3. The van der Waals surface area contributed by atoms with Crippen LogP contribution in [0.15, 0.2) is 0 Å². The second-order valence-electron chi connectivity index (χ2n) is 4.39. The van der Waals surface area contributed by atoms with Gasteiger partial charge < -0.3 is 25.0 Å². The first-order chi connectivity index (χ1) is 7.89. The van der Waals surface area contributed by atoms with E-state index in [0.29, 0.717) is 5.41 Å². The van der Waals surface area contributed by atoms with Crippen molar-refractivity contribution in [3.63, 3.8) is 0 Å². The number of aliphatic carboxylic acids is 2. The minimum atomic E-state index is -1.82. The fraction of sp³-hybridized carbons (Fsp3) is 0.800. The van der Waals surface area contributed by atoms with Gasteiger partial charge in [-0.15, -0.1) is 0 Å². The van der Waals surface area contributed by atoms with E-state index in [2.05, 4.69) is 5.32 Å². The van der Waals surface area contributed by atoms with Gasteiger partial charge in [0.1, 0.15) is 0 Å². The van der Waals surface area contributed by atoms with Gasteiger partial charge in [0.25, 0.3) is 0 Å². The lowest BCUT2D eigenvalue weighted by atomic mass is 9.60. The molecule has 1 saturated carbocycles. The molecule has 1 heterocycles. The van der Waals surface area contributed by atoms with Crippen molar-refractivity contribution in [2.75, 3.05) is 27.3 Å². The average Bonchev–Trinajstić information content (AvgIpc) is 2.16. The Hall–Kier alpha value is -1.18. The van der Waals surface area contributed by atoms with E-state index in [9.17, 15) is 0 Å². The molecule has 0 aromatic carbocycles. The molecular weight excluding hydrogens is 230 g/mol. The van der Waals surface area contributed by atoms with Crippen molar-refractivity contribution in [1.82, 2.24) is 5.32 Å². The minimum Gasteiger partial charge on any atom is -0.473 e. The quantitative estimate of drug-likeness (QED) is 0.447. The van der Waals surface area contributed by atoms with Crippen LogP contribution in [0.1, 0.15) is 12.8 Å². The molecule has 7 heteroatoms. The van der Waals surface area contributed by atoms with Crippen LogP contribution < -0.4 is 5.32 Å². The Labute approximate surface area is 98.7 Å². The van der Waals surface area contributed by atoms with Crippen LogP contribution in [0.2, 0.25) is 0 Å². The van der Waals surface area contributed by atoms with Crippen molar-refractivity contribution in [2.45, 2.75) is 18.6 Å². The number of carboxylic acid groups (broad SMARTS) is 2. The SMILES string of the molecule is COC1(OC)CC2(CNC2)C1.O=C(O)C(=O)O. The summed E-state index contributed by atoms with van der Waals surface area (Å²) in [5.41, 5.74) is 0.520. The van der Waals surface area contributed by atoms with Gasteiger partial charge in [-0.3, -0.25) is 0 Å². The zero-order valence-corrected chi connectivity index (χ0v) is 9.86. The smallest absolute Gasteiger partial charge is 0.414 e. The summed E-state index contributed by atoms with van der Waals surface area (Å²) in [5.74, 6) is -3.90. The zero-order valence-electron chi connectivity index (χ0n) is 9.86. The van der Waals surface area contributed by atoms with E-state index in [1.54, 1.807) is 14.2 Å². The number of methoxy groups -OCH3 is 2. The van der Waals surface area contributed by atoms with Gasteiger partial charge in [-0.2, -0.15) is 0 Å². The summed E-state index contributed by atoms with van der Waals surface area (Å²) in [7, 11) is 3.45. The number of nitrogens with one attached hydrogen (secondary N) is 1. The normalized spacial score (nSPS) is 22.7. The van der Waals surface area contributed by atoms with Gasteiger partial charge in [-0.25, -0.2) is 9.59 Å². The summed E-state index contributed by atoms with van der Waals surface area (Å²) >= 11 is 0. The third-order valence-electron chi connectivity index (χ3n) is 3.22. The molecule has 98 valence electrons. The molecule has 7 nitrogen and oxygen atoms in total. The van der Waals surface area contributed by atoms with E-state index in [0.717, 1.165) is 25.9 Å². The van der Waals surface area contributed by atoms with Crippen LogP contribution in [0.3, 0.4) is 0 Å². The molecule has 1 aliphatic carbocycles. The van der Waals surface area contributed by atoms with E-state index < -0.39 is 11.9 Å². The van der Waals surface area contributed by atoms with Gasteiger partial charge in [-0.1, -0.05) is 0 Å². The first-order valence-corrected chi connectivity index (χ1v) is 5.16. The number of carbonyl (C=O) groups is 2. The third-order valence-corrected chi connectivity index (χ3v) is 3.22. The highest BCUT2D eigenvalue weighted by Crippen LogP contribution is 2.52. The summed E-state index contributed by atoms with van der Waals surface area (Å²) in [6.45, 7) is 2.28. The van der Waals surface area contributed by atoms with Crippen LogP contribution in [-0.2, 0) is 19.1 Å². The standard InChI is InChI=1S/C8H15NO2.C2H2O4/c1-10-8(11-2)3-7(4-8)5-9-6-7;3-1(4)2(5)6/h9H,3-6H2,1-2H3;(H,3,4)(H,5,6). The molecule has 1 saturated heterocycles. The molecule has 0 aromatic heterocycles. The highest BCUT2D eigenvalue weighted by Gasteiger charge is 2.58. The molecule has 2 aliphatic rings. The van der Waals surface area contributed by atoms with Gasteiger partial charge in [0, 0.05) is 45.6 Å². The van der Waals surface area contributed by atoms with Crippen molar-refractivity contribution >= 4 is 11.9 Å². The Balaban J connectivity index is 0.000000209. The number of carboxylic acids is 2. The van der Waals surface area contributed by atoms with Crippen LogP contribution >= 0.6 is 0 Å². The fourth-order valence-electron chi connectivity index (χ4n) is 2.19. The van der Waals surface area contributed by atoms with Crippen LogP contribution in [-0.4, -0.2) is 55.2 Å². The van der Waals surface area contributed by atoms with Crippen LogP contribution in [0.25, 0.3) is 0 Å². The maximum atomic E-state index is 9.10. The molecule has 1 spiro atoms. The van der Waals surface area contributed by atoms with Crippen LogP contribution in [0.5, 0.6) is 0 Å². The summed E-state index contributed by atoms with van der Waals surface area (Å²) in [6, 6.07) is 0. The maximum absolute atomic E-state index is 9.10. The molecule has 2 fully saturated rings. The fourth-order valence-corrected chi connectivity index (χ4v) is 2.19. The summed E-state index contributed by atoms with van der Waals surface area (Å²) < 4.78 is 10.6. The maximum Gasteiger partial charge on any atom is 0.414 e. The van der Waals surface area contributed by atoms with Crippen molar-refractivity contribution in [1.29, 1.82) is 0 Å². The van der Waals surface area contributed by atoms with Gasteiger partial charge in [0.15, 0.2) is 5.79 Å². The highest BCUT2D eigenvalue weighted by atomic mass is 16.7. The lowest BCUT2D eigenvalue weighted by Gasteiger charge is -2.59. The molecule has 0 unspecified atom stereocenters. The van der Waals surface area contributed by atoms with Crippen molar-refractivity contribution in [3.05, 3.63) is 0 Å². The van der Waals surface area contributed by atoms with Crippen molar-refractivity contribution < 1.29 is 29.3 Å². The van der Waals surface area contributed by atoms with Gasteiger partial charge >= 0.3 is 11.9 Å². The topological polar surface area (TPSA) is 105 Å². The summed E-state index contributed by atoms with van der Waals surface area (Å²) in [4.78, 5) is 18.2. The lowest BCUT2D eigenvalue weighted by molar-refractivity contribution is -0.304. The highest BCUT2D eigenvalue weighted by molar-refractivity contribution is 6.27. The third kappa shape index (κ3) is 2.93. The molecule has 1 aliphatic heterocycles. The lowest BCUT2D eigenvalue weighted by Crippen LogP contribution is -2.67. The minimum absolute atomic E-state index is 0.248. The molecule has 0 amide bonds. The number of hydrogen-bond acceptors (Lipinski definition) is 5. The molecule has 0 radical (unpaired) electrons. The van der Waals surface area contributed by atoms with Crippen LogP contribution in [0, 0.1) is 5.41 Å². The monoisotopic (exact) mass is 247 g/mol. The Morgan fingerprint density at radius 1 is 1.06 bits per heavy atom. The van der Waals surface area contributed by atoms with E-state index in [-0.39, 0.29) is 5.79 Å². The van der Waals surface area contributed by atoms with E-state index in [1.807, 2.05) is 0 Å². The first kappa shape index (κ1) is 13.9. The summed E-state index contributed by atoms with van der Waals surface area (Å²) in [5, 5.41) is 18.1. The van der Waals surface area contributed by atoms with Gasteiger partial charge in [0.05, 0.1) is 0 Å². The molecule has 0 aromatic rings. The second kappa shape index (κ2) is 4.99. The van der Waals surface area contributed by atoms with E-state index in [1.165, 1.54) is 0 Å². The molecule has 2 rings (SSSR count). The van der Waals surface area contributed by atoms with E-state index in [4.69, 9.17) is 29.3 Å². The number of ether oxygens (including phenoxy) is 2. The second-order valence-corrected chi connectivity index (χ2v) is 4.39. The van der Waals surface area contributed by atoms with Crippen LogP contribution in [0.4, 0.5) is 0 Å². The largest absolute Gasteiger partial charge is 0.473 e. The molecule has 0 bridgehead atoms. The molecule has 0 atom stereocenters. The van der Waals surface area contributed by atoms with Gasteiger partial charge in [-0.05, 0) is 0 Å². The van der Waals surface area contributed by atoms with Crippen molar-refractivity contribution in [3.8, 4) is 0 Å². The molecular formula is C10H17NO6. The molecule has 3 N–H and O–H groups in total. The molecule has 17 heavy (non-hydrogen) atoms. The Bertz CT molecular complexity index is 286. The predicted octanol–water partition coefficient (Wildman–Crippen LogP) is -0.485. The Morgan fingerprint density at radius 2 is 1.47 bits per heavy atom. The van der Waals surface area contributed by atoms with Crippen molar-refractivity contribution in [2.24, 2.45) is 5.41 Å². The van der Waals surface area contributed by atoms with Gasteiger partial charge in [0.2, 0.25) is 0 Å². The predicted molar refractivity (Wildman–Crippen MR) is 56.6 cm³/mol.